The van der Waals surface area contributed by atoms with E-state index in [2.05, 4.69) is 4.98 Å². The monoisotopic (exact) mass is 401 g/mol. The zero-order valence-corrected chi connectivity index (χ0v) is 16.2. The molecule has 0 spiro atoms. The lowest BCUT2D eigenvalue weighted by Gasteiger charge is -2.16. The van der Waals surface area contributed by atoms with Crippen LogP contribution in [-0.4, -0.2) is 28.0 Å². The molecule has 27 heavy (non-hydrogen) atoms. The van der Waals surface area contributed by atoms with Crippen molar-refractivity contribution >= 4 is 29.4 Å². The molecular weight excluding hydrogens is 385 g/mol. The second-order valence-corrected chi connectivity index (χ2v) is 7.20. The highest BCUT2D eigenvalue weighted by molar-refractivity contribution is 7.98. The summed E-state index contributed by atoms with van der Waals surface area (Å²) in [6, 6.07) is 12.9. The molecule has 0 radical (unpaired) electrons. The molecule has 0 unspecified atom stereocenters. The first-order chi connectivity index (χ1) is 13.0. The van der Waals surface area contributed by atoms with Gasteiger partial charge in [0.2, 0.25) is 0 Å². The van der Waals surface area contributed by atoms with Crippen molar-refractivity contribution in [1.82, 2.24) is 9.55 Å². The van der Waals surface area contributed by atoms with Gasteiger partial charge in [-0.05, 0) is 61.0 Å². The number of primary amides is 1. The molecule has 138 valence electrons. The van der Waals surface area contributed by atoms with Crippen molar-refractivity contribution in [2.75, 3.05) is 12.5 Å². The summed E-state index contributed by atoms with van der Waals surface area (Å²) in [6.07, 6.45) is 3.66. The minimum Gasteiger partial charge on any atom is -0.365 e. The maximum Gasteiger partial charge on any atom is 0.272 e. The lowest BCUT2D eigenvalue weighted by Crippen LogP contribution is -2.32. The predicted octanol–water partition coefficient (Wildman–Crippen LogP) is 3.58. The summed E-state index contributed by atoms with van der Waals surface area (Å²) in [7, 11) is 0. The Morgan fingerprint density at radius 1 is 1.04 bits per heavy atom. The zero-order valence-electron chi connectivity index (χ0n) is 14.6. The number of thioether (sulfide) groups is 2. The van der Waals surface area contributed by atoms with Gasteiger partial charge in [-0.1, -0.05) is 0 Å². The van der Waals surface area contributed by atoms with Gasteiger partial charge in [0.25, 0.3) is 11.5 Å². The normalized spacial score (nSPS) is 10.8. The SMILES string of the molecule is CSc1ccc(-n2c(-c3ccc(F)cc3)nc(SC)c(C(N)=O)c2=O)cc1. The highest BCUT2D eigenvalue weighted by Gasteiger charge is 2.22. The number of carbonyl (C=O) groups excluding carboxylic acids is 1. The molecule has 3 rings (SSSR count). The number of halogens is 1. The molecule has 0 aliphatic carbocycles. The lowest BCUT2D eigenvalue weighted by molar-refractivity contribution is 0.0995. The molecule has 0 aliphatic heterocycles. The molecule has 2 aromatic carbocycles. The molecule has 3 aromatic rings. The van der Waals surface area contributed by atoms with Gasteiger partial charge < -0.3 is 5.73 Å². The van der Waals surface area contributed by atoms with E-state index in [-0.39, 0.29) is 10.6 Å². The highest BCUT2D eigenvalue weighted by Crippen LogP contribution is 2.25. The smallest absolute Gasteiger partial charge is 0.272 e. The Morgan fingerprint density at radius 2 is 1.67 bits per heavy atom. The molecule has 1 aromatic heterocycles. The summed E-state index contributed by atoms with van der Waals surface area (Å²) in [5.74, 6) is -0.918. The van der Waals surface area contributed by atoms with Crippen molar-refractivity contribution in [2.24, 2.45) is 5.73 Å². The van der Waals surface area contributed by atoms with Gasteiger partial charge in [-0.25, -0.2) is 9.37 Å². The van der Waals surface area contributed by atoms with Crippen molar-refractivity contribution in [3.8, 4) is 17.1 Å². The lowest BCUT2D eigenvalue weighted by atomic mass is 10.1. The maximum atomic E-state index is 13.3. The minimum absolute atomic E-state index is 0.165. The van der Waals surface area contributed by atoms with E-state index in [1.807, 2.05) is 18.4 Å². The number of nitrogens with zero attached hydrogens (tertiary/aromatic N) is 2. The van der Waals surface area contributed by atoms with Crippen LogP contribution in [-0.2, 0) is 0 Å². The molecule has 5 nitrogen and oxygen atoms in total. The Hall–Kier alpha value is -2.58. The molecule has 8 heteroatoms. The third-order valence-electron chi connectivity index (χ3n) is 3.92. The van der Waals surface area contributed by atoms with Crippen LogP contribution in [0.2, 0.25) is 0 Å². The molecular formula is C19H16FN3O2S2. The van der Waals surface area contributed by atoms with Gasteiger partial charge in [-0.3, -0.25) is 14.2 Å². The fourth-order valence-corrected chi connectivity index (χ4v) is 3.60. The molecule has 0 atom stereocenters. The first-order valence-corrected chi connectivity index (χ1v) is 10.3. The van der Waals surface area contributed by atoms with Gasteiger partial charge in [-0.2, -0.15) is 0 Å². The largest absolute Gasteiger partial charge is 0.365 e. The van der Waals surface area contributed by atoms with Gasteiger partial charge >= 0.3 is 0 Å². The van der Waals surface area contributed by atoms with Crippen molar-refractivity contribution < 1.29 is 9.18 Å². The van der Waals surface area contributed by atoms with Crippen LogP contribution in [0.3, 0.4) is 0 Å². The van der Waals surface area contributed by atoms with Crippen LogP contribution in [0.15, 0.2) is 63.2 Å². The first kappa shape index (κ1) is 19.2. The molecule has 1 amide bonds. The summed E-state index contributed by atoms with van der Waals surface area (Å²) < 4.78 is 14.7. The Labute approximate surface area is 163 Å². The van der Waals surface area contributed by atoms with Crippen LogP contribution in [0.5, 0.6) is 0 Å². The zero-order chi connectivity index (χ0) is 19.6. The van der Waals surface area contributed by atoms with Crippen LogP contribution in [0, 0.1) is 5.82 Å². The second-order valence-electron chi connectivity index (χ2n) is 5.53. The van der Waals surface area contributed by atoms with Crippen molar-refractivity contribution in [2.45, 2.75) is 9.92 Å². The second kappa shape index (κ2) is 7.98. The first-order valence-electron chi connectivity index (χ1n) is 7.87. The van der Waals surface area contributed by atoms with Gasteiger partial charge in [0.1, 0.15) is 22.2 Å². The van der Waals surface area contributed by atoms with E-state index in [0.717, 1.165) is 16.7 Å². The average molecular weight is 401 g/mol. The summed E-state index contributed by atoms with van der Waals surface area (Å²) in [5, 5.41) is 0.240. The van der Waals surface area contributed by atoms with E-state index in [9.17, 15) is 14.0 Å². The minimum atomic E-state index is -0.836. The number of benzene rings is 2. The molecule has 0 saturated carbocycles. The number of rotatable bonds is 5. The maximum absolute atomic E-state index is 13.3. The van der Waals surface area contributed by atoms with Crippen molar-refractivity contribution in [3.63, 3.8) is 0 Å². The van der Waals surface area contributed by atoms with Crippen molar-refractivity contribution in [1.29, 1.82) is 0 Å². The fourth-order valence-electron chi connectivity index (χ4n) is 2.62. The predicted molar refractivity (Wildman–Crippen MR) is 107 cm³/mol. The van der Waals surface area contributed by atoms with Gasteiger partial charge in [0.05, 0.1) is 5.69 Å². The molecule has 0 fully saturated rings. The third kappa shape index (κ3) is 3.77. The van der Waals surface area contributed by atoms with Gasteiger partial charge in [-0.15, -0.1) is 23.5 Å². The summed E-state index contributed by atoms with van der Waals surface area (Å²) in [6.45, 7) is 0. The molecule has 0 bridgehead atoms. The molecule has 2 N–H and O–H groups in total. The van der Waals surface area contributed by atoms with E-state index in [4.69, 9.17) is 5.73 Å². The van der Waals surface area contributed by atoms with E-state index in [1.165, 1.54) is 28.8 Å². The fraction of sp³-hybridized carbons (Fsp3) is 0.105. The standard InChI is InChI=1S/C19H16FN3O2S2/c1-26-14-9-7-13(8-10-14)23-17(11-3-5-12(20)6-4-11)22-18(27-2)15(16(21)24)19(23)25/h3-10H,1-2H3,(H2,21,24). The third-order valence-corrected chi connectivity index (χ3v) is 5.35. The Kier molecular flexibility index (Phi) is 5.67. The van der Waals surface area contributed by atoms with E-state index in [0.29, 0.717) is 17.1 Å². The number of carbonyl (C=O) groups is 1. The molecule has 0 aliphatic rings. The van der Waals surface area contributed by atoms with Crippen LogP contribution >= 0.6 is 23.5 Å². The van der Waals surface area contributed by atoms with Gasteiger partial charge in [0.15, 0.2) is 0 Å². The highest BCUT2D eigenvalue weighted by atomic mass is 32.2. The Bertz CT molecular complexity index is 1050. The number of nitrogens with two attached hydrogens (primary N) is 1. The summed E-state index contributed by atoms with van der Waals surface area (Å²) >= 11 is 2.73. The van der Waals surface area contributed by atoms with Crippen LogP contribution in [0.4, 0.5) is 4.39 Å². The number of hydrogen-bond acceptors (Lipinski definition) is 5. The Balaban J connectivity index is 2.36. The van der Waals surface area contributed by atoms with E-state index >= 15 is 0 Å². The number of hydrogen-bond donors (Lipinski definition) is 1. The Morgan fingerprint density at radius 3 is 2.19 bits per heavy atom. The molecule has 1 heterocycles. The van der Waals surface area contributed by atoms with Crippen LogP contribution in [0.25, 0.3) is 17.1 Å². The topological polar surface area (TPSA) is 78.0 Å². The van der Waals surface area contributed by atoms with Crippen LogP contribution in [0.1, 0.15) is 10.4 Å². The number of amides is 1. The molecule has 0 saturated heterocycles. The van der Waals surface area contributed by atoms with Crippen molar-refractivity contribution in [3.05, 3.63) is 70.3 Å². The summed E-state index contributed by atoms with van der Waals surface area (Å²) in [5.41, 5.74) is 5.80. The quantitative estimate of drug-likeness (QED) is 0.522. The van der Waals surface area contributed by atoms with E-state index in [1.54, 1.807) is 30.2 Å². The van der Waals surface area contributed by atoms with Gasteiger partial charge in [0, 0.05) is 10.5 Å². The average Bonchev–Trinajstić information content (AvgIpc) is 2.67. The van der Waals surface area contributed by atoms with Crippen LogP contribution < -0.4 is 11.3 Å². The number of aromatic nitrogens is 2. The van der Waals surface area contributed by atoms with E-state index < -0.39 is 17.3 Å². The summed E-state index contributed by atoms with van der Waals surface area (Å²) in [4.78, 5) is 30.5.